The summed E-state index contributed by atoms with van der Waals surface area (Å²) in [6, 6.07) is 3.28. The molecule has 3 heteroatoms. The van der Waals surface area contributed by atoms with E-state index in [9.17, 15) is 4.79 Å². The molecule has 53 valence electrons. The third-order valence-corrected chi connectivity index (χ3v) is 1.02. The molecule has 0 unspecified atom stereocenters. The van der Waals surface area contributed by atoms with Crippen molar-refractivity contribution in [2.45, 2.75) is 6.92 Å². The van der Waals surface area contributed by atoms with E-state index in [-0.39, 0.29) is 5.91 Å². The minimum Gasteiger partial charge on any atom is -0.459 e. The van der Waals surface area contributed by atoms with Crippen LogP contribution in [0, 0.1) is 6.54 Å². The fourth-order valence-corrected chi connectivity index (χ4v) is 0.610. The quantitative estimate of drug-likeness (QED) is 0.667. The molecular formula is C7H8NO2. The lowest BCUT2D eigenvalue weighted by Crippen LogP contribution is -2.18. The zero-order valence-corrected chi connectivity index (χ0v) is 5.63. The van der Waals surface area contributed by atoms with Crippen LogP contribution in [0.4, 0.5) is 0 Å². The summed E-state index contributed by atoms with van der Waals surface area (Å²) in [4.78, 5) is 10.9. The molecule has 10 heavy (non-hydrogen) atoms. The first kappa shape index (κ1) is 6.86. The molecule has 0 aliphatic rings. The number of carbonyl (C=O) groups excluding carboxylic acids is 1. The average Bonchev–Trinajstić information content (AvgIpc) is 2.38. The molecule has 1 rings (SSSR count). The van der Waals surface area contributed by atoms with Gasteiger partial charge in [0.05, 0.1) is 6.26 Å². The van der Waals surface area contributed by atoms with Crippen LogP contribution in [0.3, 0.4) is 0 Å². The minimum absolute atomic E-state index is 0.215. The van der Waals surface area contributed by atoms with Crippen molar-refractivity contribution in [1.82, 2.24) is 5.32 Å². The second kappa shape index (κ2) is 3.06. The van der Waals surface area contributed by atoms with Gasteiger partial charge in [-0.1, -0.05) is 0 Å². The largest absolute Gasteiger partial charge is 0.459 e. The lowest BCUT2D eigenvalue weighted by molar-refractivity contribution is 0.0937. The predicted molar refractivity (Wildman–Crippen MR) is 36.1 cm³/mol. The Balaban J connectivity index is 2.59. The fourth-order valence-electron chi connectivity index (χ4n) is 0.610. The van der Waals surface area contributed by atoms with E-state index in [0.29, 0.717) is 5.76 Å². The summed E-state index contributed by atoms with van der Waals surface area (Å²) in [6.07, 6.45) is 1.46. The first-order chi connectivity index (χ1) is 4.84. The van der Waals surface area contributed by atoms with Gasteiger partial charge < -0.3 is 9.73 Å². The number of furan rings is 1. The summed E-state index contributed by atoms with van der Waals surface area (Å²) in [5.74, 6) is 0.116. The molecule has 0 spiro atoms. The van der Waals surface area contributed by atoms with Gasteiger partial charge in [-0.2, -0.15) is 0 Å². The highest BCUT2D eigenvalue weighted by atomic mass is 16.3. The van der Waals surface area contributed by atoms with Crippen molar-refractivity contribution in [3.63, 3.8) is 0 Å². The molecule has 1 heterocycles. The summed E-state index contributed by atoms with van der Waals surface area (Å²) < 4.78 is 4.82. The molecule has 0 saturated heterocycles. The van der Waals surface area contributed by atoms with E-state index >= 15 is 0 Å². The number of hydrogen-bond donors (Lipinski definition) is 1. The van der Waals surface area contributed by atoms with E-state index in [1.807, 2.05) is 0 Å². The van der Waals surface area contributed by atoms with Crippen molar-refractivity contribution in [3.05, 3.63) is 30.7 Å². The first-order valence-corrected chi connectivity index (χ1v) is 2.97. The number of hydrogen-bond acceptors (Lipinski definition) is 2. The zero-order chi connectivity index (χ0) is 7.40. The van der Waals surface area contributed by atoms with Gasteiger partial charge in [-0.3, -0.25) is 4.79 Å². The van der Waals surface area contributed by atoms with E-state index in [2.05, 4.69) is 5.32 Å². The normalized spacial score (nSPS) is 9.30. The molecule has 1 aromatic rings. The molecular weight excluding hydrogens is 130 g/mol. The van der Waals surface area contributed by atoms with Gasteiger partial charge in [0, 0.05) is 6.54 Å². The predicted octanol–water partition coefficient (Wildman–Crippen LogP) is 1.19. The van der Waals surface area contributed by atoms with Crippen molar-refractivity contribution >= 4 is 5.91 Å². The minimum atomic E-state index is -0.215. The van der Waals surface area contributed by atoms with Crippen LogP contribution in [0.5, 0.6) is 0 Å². The van der Waals surface area contributed by atoms with Gasteiger partial charge in [-0.05, 0) is 19.1 Å². The Morgan fingerprint density at radius 3 is 3.10 bits per heavy atom. The van der Waals surface area contributed by atoms with Crippen LogP contribution in [0.1, 0.15) is 17.5 Å². The lowest BCUT2D eigenvalue weighted by atomic mass is 10.4. The van der Waals surface area contributed by atoms with Crippen LogP contribution >= 0.6 is 0 Å². The molecule has 1 amide bonds. The molecule has 1 aromatic heterocycles. The molecule has 1 N–H and O–H groups in total. The van der Waals surface area contributed by atoms with Gasteiger partial charge in [0.15, 0.2) is 5.76 Å². The summed E-state index contributed by atoms with van der Waals surface area (Å²) in [5.41, 5.74) is 0. The highest BCUT2D eigenvalue weighted by Gasteiger charge is 2.04. The topological polar surface area (TPSA) is 42.2 Å². The Morgan fingerprint density at radius 2 is 2.60 bits per heavy atom. The third-order valence-electron chi connectivity index (χ3n) is 1.02. The van der Waals surface area contributed by atoms with Crippen LogP contribution in [-0.2, 0) is 0 Å². The molecule has 1 radical (unpaired) electrons. The Labute approximate surface area is 59.0 Å². The molecule has 0 aliphatic carbocycles. The molecule has 0 fully saturated rings. The van der Waals surface area contributed by atoms with E-state index in [4.69, 9.17) is 4.42 Å². The van der Waals surface area contributed by atoms with Gasteiger partial charge in [-0.25, -0.2) is 0 Å². The zero-order valence-electron chi connectivity index (χ0n) is 5.63. The van der Waals surface area contributed by atoms with Gasteiger partial charge in [-0.15, -0.1) is 0 Å². The summed E-state index contributed by atoms with van der Waals surface area (Å²) in [7, 11) is 0. The molecule has 3 nitrogen and oxygen atoms in total. The maximum Gasteiger partial charge on any atom is 0.287 e. The van der Waals surface area contributed by atoms with Crippen LogP contribution in [0.15, 0.2) is 22.8 Å². The van der Waals surface area contributed by atoms with Crippen LogP contribution in [0.2, 0.25) is 0 Å². The Morgan fingerprint density at radius 1 is 1.80 bits per heavy atom. The highest BCUT2D eigenvalue weighted by molar-refractivity contribution is 5.91. The Kier molecular flexibility index (Phi) is 2.10. The van der Waals surface area contributed by atoms with Gasteiger partial charge in [0.2, 0.25) is 0 Å². The monoisotopic (exact) mass is 138 g/mol. The Bertz CT molecular complexity index is 203. The van der Waals surface area contributed by atoms with Gasteiger partial charge in [0.1, 0.15) is 0 Å². The summed E-state index contributed by atoms with van der Waals surface area (Å²) in [6.45, 7) is 3.30. The molecule has 0 bridgehead atoms. The van der Waals surface area contributed by atoms with Crippen LogP contribution in [-0.4, -0.2) is 5.91 Å². The molecule has 0 aliphatic heterocycles. The highest BCUT2D eigenvalue weighted by Crippen LogP contribution is 1.98. The van der Waals surface area contributed by atoms with Crippen LogP contribution < -0.4 is 5.32 Å². The second-order valence-corrected chi connectivity index (χ2v) is 1.74. The number of carbonyl (C=O) groups is 1. The Hall–Kier alpha value is -1.25. The van der Waals surface area contributed by atoms with E-state index in [0.717, 1.165) is 0 Å². The molecule has 0 aromatic carbocycles. The summed E-state index contributed by atoms with van der Waals surface area (Å²) in [5, 5.41) is 2.49. The SMILES string of the molecule is C[CH]NC(=O)c1ccco1. The van der Waals surface area contributed by atoms with E-state index in [1.165, 1.54) is 6.26 Å². The standard InChI is InChI=1S/C7H8NO2/c1-2-8-7(9)6-4-3-5-10-6/h2-5H,1H3,(H,8,9). The molecule has 0 atom stereocenters. The van der Waals surface area contributed by atoms with Crippen LogP contribution in [0.25, 0.3) is 0 Å². The smallest absolute Gasteiger partial charge is 0.287 e. The molecule has 0 saturated carbocycles. The van der Waals surface area contributed by atoms with E-state index in [1.54, 1.807) is 25.6 Å². The maximum absolute atomic E-state index is 10.9. The number of nitrogens with one attached hydrogen (secondary N) is 1. The van der Waals surface area contributed by atoms with Crippen molar-refractivity contribution in [2.75, 3.05) is 0 Å². The number of amides is 1. The van der Waals surface area contributed by atoms with Gasteiger partial charge in [0.25, 0.3) is 5.91 Å². The van der Waals surface area contributed by atoms with E-state index < -0.39 is 0 Å². The second-order valence-electron chi connectivity index (χ2n) is 1.74. The van der Waals surface area contributed by atoms with Crippen molar-refractivity contribution in [3.8, 4) is 0 Å². The first-order valence-electron chi connectivity index (χ1n) is 2.97. The maximum atomic E-state index is 10.9. The van der Waals surface area contributed by atoms with Gasteiger partial charge >= 0.3 is 0 Å². The number of rotatable bonds is 2. The van der Waals surface area contributed by atoms with Crippen molar-refractivity contribution in [1.29, 1.82) is 0 Å². The summed E-state index contributed by atoms with van der Waals surface area (Å²) >= 11 is 0. The fraction of sp³-hybridized carbons (Fsp3) is 0.143. The lowest BCUT2D eigenvalue weighted by Gasteiger charge is -1.94. The average molecular weight is 138 g/mol. The third kappa shape index (κ3) is 1.37. The van der Waals surface area contributed by atoms with Crippen molar-refractivity contribution in [2.24, 2.45) is 0 Å². The van der Waals surface area contributed by atoms with Crippen molar-refractivity contribution < 1.29 is 9.21 Å².